The highest BCUT2D eigenvalue weighted by Crippen LogP contribution is 2.21. The van der Waals surface area contributed by atoms with E-state index in [1.165, 1.54) is 18.2 Å². The summed E-state index contributed by atoms with van der Waals surface area (Å²) in [6.07, 6.45) is 0. The van der Waals surface area contributed by atoms with Crippen molar-refractivity contribution in [2.75, 3.05) is 19.6 Å². The van der Waals surface area contributed by atoms with Crippen molar-refractivity contribution in [3.63, 3.8) is 0 Å². The van der Waals surface area contributed by atoms with Crippen molar-refractivity contribution in [2.24, 2.45) is 0 Å². The number of nitro benzene ring substituents is 1. The summed E-state index contributed by atoms with van der Waals surface area (Å²) in [4.78, 5) is 23.7. The maximum absolute atomic E-state index is 11.8. The van der Waals surface area contributed by atoms with E-state index >= 15 is 0 Å². The Morgan fingerprint density at radius 1 is 1.40 bits per heavy atom. The summed E-state index contributed by atoms with van der Waals surface area (Å²) < 4.78 is 0. The Morgan fingerprint density at radius 3 is 2.60 bits per heavy atom. The predicted molar refractivity (Wildman–Crippen MR) is 77.7 cm³/mol. The SMILES string of the molecule is CCN(CC)C(=O)CNCc1cc([N+](=O)[O-])ccc1Cl. The molecule has 1 N–H and O–H groups in total. The van der Waals surface area contributed by atoms with Crippen LogP contribution in [0.3, 0.4) is 0 Å². The first-order chi connectivity index (χ1) is 9.49. The molecule has 0 unspecified atom stereocenters. The van der Waals surface area contributed by atoms with Gasteiger partial charge in [0.15, 0.2) is 0 Å². The number of nitrogens with zero attached hydrogens (tertiary/aromatic N) is 2. The molecular formula is C13H18ClN3O3. The molecule has 6 nitrogen and oxygen atoms in total. The number of rotatable bonds is 7. The van der Waals surface area contributed by atoms with Crippen LogP contribution in [0.15, 0.2) is 18.2 Å². The Balaban J connectivity index is 2.60. The predicted octanol–water partition coefficient (Wildman–Crippen LogP) is 2.21. The molecule has 0 atom stereocenters. The number of hydrogen-bond acceptors (Lipinski definition) is 4. The third-order valence-electron chi connectivity index (χ3n) is 2.95. The van der Waals surface area contributed by atoms with Gasteiger partial charge in [-0.05, 0) is 25.5 Å². The van der Waals surface area contributed by atoms with E-state index in [2.05, 4.69) is 5.32 Å². The standard InChI is InChI=1S/C13H18ClN3O3/c1-3-16(4-2)13(18)9-15-8-10-7-11(17(19)20)5-6-12(10)14/h5-7,15H,3-4,8-9H2,1-2H3. The molecular weight excluding hydrogens is 282 g/mol. The van der Waals surface area contributed by atoms with Crippen molar-refractivity contribution in [1.29, 1.82) is 0 Å². The number of carbonyl (C=O) groups is 1. The number of hydrogen-bond donors (Lipinski definition) is 1. The fourth-order valence-corrected chi connectivity index (χ4v) is 1.99. The van der Waals surface area contributed by atoms with Crippen LogP contribution in [0.4, 0.5) is 5.69 Å². The van der Waals surface area contributed by atoms with Crippen molar-refractivity contribution in [2.45, 2.75) is 20.4 Å². The zero-order valence-electron chi connectivity index (χ0n) is 11.6. The van der Waals surface area contributed by atoms with Crippen molar-refractivity contribution in [1.82, 2.24) is 10.2 Å². The lowest BCUT2D eigenvalue weighted by Crippen LogP contribution is -2.37. The highest BCUT2D eigenvalue weighted by molar-refractivity contribution is 6.31. The summed E-state index contributed by atoms with van der Waals surface area (Å²) in [6.45, 7) is 5.65. The molecule has 0 bridgehead atoms. The highest BCUT2D eigenvalue weighted by atomic mass is 35.5. The average molecular weight is 300 g/mol. The number of nitro groups is 1. The zero-order chi connectivity index (χ0) is 15.1. The molecule has 1 aromatic rings. The van der Waals surface area contributed by atoms with Crippen LogP contribution in [0.1, 0.15) is 19.4 Å². The van der Waals surface area contributed by atoms with Gasteiger partial charge < -0.3 is 10.2 Å². The van der Waals surface area contributed by atoms with Gasteiger partial charge in [-0.2, -0.15) is 0 Å². The number of carbonyl (C=O) groups excluding carboxylic acids is 1. The number of amides is 1. The lowest BCUT2D eigenvalue weighted by molar-refractivity contribution is -0.384. The highest BCUT2D eigenvalue weighted by Gasteiger charge is 2.11. The molecule has 1 amide bonds. The number of likely N-dealkylation sites (N-methyl/N-ethyl adjacent to an activating group) is 1. The fourth-order valence-electron chi connectivity index (χ4n) is 1.80. The normalized spacial score (nSPS) is 10.3. The van der Waals surface area contributed by atoms with E-state index in [0.29, 0.717) is 30.2 Å². The lowest BCUT2D eigenvalue weighted by atomic mass is 10.2. The van der Waals surface area contributed by atoms with Gasteiger partial charge in [-0.15, -0.1) is 0 Å². The molecule has 20 heavy (non-hydrogen) atoms. The summed E-state index contributed by atoms with van der Waals surface area (Å²) in [5.74, 6) is -0.00319. The van der Waals surface area contributed by atoms with Gasteiger partial charge in [-0.1, -0.05) is 11.6 Å². The molecule has 0 saturated heterocycles. The van der Waals surface area contributed by atoms with Crippen LogP contribution in [0.25, 0.3) is 0 Å². The van der Waals surface area contributed by atoms with Gasteiger partial charge in [0, 0.05) is 36.8 Å². The molecule has 110 valence electrons. The molecule has 7 heteroatoms. The van der Waals surface area contributed by atoms with E-state index in [-0.39, 0.29) is 18.1 Å². The number of benzene rings is 1. The first-order valence-electron chi connectivity index (χ1n) is 6.40. The molecule has 0 aromatic heterocycles. The van der Waals surface area contributed by atoms with Gasteiger partial charge in [0.1, 0.15) is 0 Å². The smallest absolute Gasteiger partial charge is 0.269 e. The van der Waals surface area contributed by atoms with E-state index in [4.69, 9.17) is 11.6 Å². The molecule has 0 fully saturated rings. The number of nitrogens with one attached hydrogen (secondary N) is 1. The topological polar surface area (TPSA) is 75.5 Å². The molecule has 1 aromatic carbocycles. The molecule has 0 spiro atoms. The van der Waals surface area contributed by atoms with E-state index in [9.17, 15) is 14.9 Å². The average Bonchev–Trinajstić information content (AvgIpc) is 2.42. The summed E-state index contributed by atoms with van der Waals surface area (Å²) in [7, 11) is 0. The minimum atomic E-state index is -0.471. The van der Waals surface area contributed by atoms with Crippen LogP contribution in [0.2, 0.25) is 5.02 Å². The fraction of sp³-hybridized carbons (Fsp3) is 0.462. The van der Waals surface area contributed by atoms with Gasteiger partial charge >= 0.3 is 0 Å². The molecule has 0 aliphatic rings. The summed E-state index contributed by atoms with van der Waals surface area (Å²) in [5.41, 5.74) is 0.592. The summed E-state index contributed by atoms with van der Waals surface area (Å²) >= 11 is 5.98. The Morgan fingerprint density at radius 2 is 2.05 bits per heavy atom. The third-order valence-corrected chi connectivity index (χ3v) is 3.32. The Bertz CT molecular complexity index is 490. The van der Waals surface area contributed by atoms with Crippen LogP contribution in [0.5, 0.6) is 0 Å². The van der Waals surface area contributed by atoms with Crippen molar-refractivity contribution >= 4 is 23.2 Å². The van der Waals surface area contributed by atoms with E-state index < -0.39 is 4.92 Å². The maximum atomic E-state index is 11.8. The van der Waals surface area contributed by atoms with Gasteiger partial charge in [0.2, 0.25) is 5.91 Å². The van der Waals surface area contributed by atoms with Crippen molar-refractivity contribution < 1.29 is 9.72 Å². The Kier molecular flexibility index (Phi) is 6.41. The summed E-state index contributed by atoms with van der Waals surface area (Å²) in [6, 6.07) is 4.26. The minimum Gasteiger partial charge on any atom is -0.342 e. The largest absolute Gasteiger partial charge is 0.342 e. The van der Waals surface area contributed by atoms with Crippen LogP contribution in [-0.4, -0.2) is 35.4 Å². The van der Waals surface area contributed by atoms with E-state index in [0.717, 1.165) is 0 Å². The quantitative estimate of drug-likeness (QED) is 0.618. The Hall–Kier alpha value is -1.66. The van der Waals surface area contributed by atoms with Crippen LogP contribution in [-0.2, 0) is 11.3 Å². The summed E-state index contributed by atoms with van der Waals surface area (Å²) in [5, 5.41) is 14.1. The van der Waals surface area contributed by atoms with Crippen LogP contribution >= 0.6 is 11.6 Å². The molecule has 0 heterocycles. The zero-order valence-corrected chi connectivity index (χ0v) is 12.3. The molecule has 0 aliphatic carbocycles. The number of halogens is 1. The van der Waals surface area contributed by atoms with Crippen LogP contribution < -0.4 is 5.32 Å². The first kappa shape index (κ1) is 16.4. The monoisotopic (exact) mass is 299 g/mol. The van der Waals surface area contributed by atoms with E-state index in [1.54, 1.807) is 4.90 Å². The van der Waals surface area contributed by atoms with Crippen LogP contribution in [0, 0.1) is 10.1 Å². The van der Waals surface area contributed by atoms with Gasteiger partial charge in [0.25, 0.3) is 5.69 Å². The minimum absolute atomic E-state index is 0.00319. The third kappa shape index (κ3) is 4.47. The van der Waals surface area contributed by atoms with Crippen molar-refractivity contribution in [3.8, 4) is 0 Å². The Labute approximate surface area is 122 Å². The molecule has 0 saturated carbocycles. The van der Waals surface area contributed by atoms with Crippen molar-refractivity contribution in [3.05, 3.63) is 38.9 Å². The first-order valence-corrected chi connectivity index (χ1v) is 6.78. The second-order valence-corrected chi connectivity index (χ2v) is 4.61. The van der Waals surface area contributed by atoms with Gasteiger partial charge in [0.05, 0.1) is 11.5 Å². The number of non-ortho nitro benzene ring substituents is 1. The second kappa shape index (κ2) is 7.81. The molecule has 0 aliphatic heterocycles. The molecule has 0 radical (unpaired) electrons. The molecule has 1 rings (SSSR count). The maximum Gasteiger partial charge on any atom is 0.269 e. The van der Waals surface area contributed by atoms with Gasteiger partial charge in [-0.3, -0.25) is 14.9 Å². The van der Waals surface area contributed by atoms with E-state index in [1.807, 2.05) is 13.8 Å². The second-order valence-electron chi connectivity index (χ2n) is 4.20. The van der Waals surface area contributed by atoms with Gasteiger partial charge in [-0.25, -0.2) is 0 Å². The lowest BCUT2D eigenvalue weighted by Gasteiger charge is -2.18.